The van der Waals surface area contributed by atoms with Crippen LogP contribution in [0.25, 0.3) is 0 Å². The third kappa shape index (κ3) is 47.7. The van der Waals surface area contributed by atoms with Gasteiger partial charge in [0.2, 0.25) is 5.91 Å². The number of hydrogen-bond donors (Lipinski definition) is 3. The highest BCUT2D eigenvalue weighted by molar-refractivity contribution is 5.76. The molecule has 0 radical (unpaired) electrons. The average Bonchev–Trinajstić information content (AvgIpc) is 3.26. The summed E-state index contributed by atoms with van der Waals surface area (Å²) in [7, 11) is 0. The van der Waals surface area contributed by atoms with Gasteiger partial charge in [-0.25, -0.2) is 0 Å². The van der Waals surface area contributed by atoms with Gasteiger partial charge in [-0.15, -0.1) is 0 Å². The van der Waals surface area contributed by atoms with E-state index in [1.54, 1.807) is 0 Å². The van der Waals surface area contributed by atoms with Crippen molar-refractivity contribution < 1.29 is 24.5 Å². The number of unbranched alkanes of at least 4 members (excludes halogenated alkanes) is 35. The molecule has 0 aromatic rings. The second kappa shape index (κ2) is 51.0. The minimum Gasteiger partial charge on any atom is -0.466 e. The van der Waals surface area contributed by atoms with Crippen molar-refractivity contribution in [2.45, 2.75) is 302 Å². The molecule has 2 atom stereocenters. The topological polar surface area (TPSA) is 95.9 Å². The van der Waals surface area contributed by atoms with Gasteiger partial charge >= 0.3 is 5.97 Å². The molecule has 0 aliphatic rings. The molecule has 6 heteroatoms. The quantitative estimate of drug-likeness (QED) is 0.0322. The smallest absolute Gasteiger partial charge is 0.305 e. The second-order valence-corrected chi connectivity index (χ2v) is 18.6. The number of carbonyl (C=O) groups is 2. The fourth-order valence-electron chi connectivity index (χ4n) is 8.32. The van der Waals surface area contributed by atoms with Gasteiger partial charge in [0.05, 0.1) is 25.4 Å². The van der Waals surface area contributed by atoms with Crippen LogP contribution in [0.2, 0.25) is 0 Å². The summed E-state index contributed by atoms with van der Waals surface area (Å²) in [5, 5.41) is 23.2. The maximum Gasteiger partial charge on any atom is 0.305 e. The van der Waals surface area contributed by atoms with Gasteiger partial charge in [-0.1, -0.05) is 244 Å². The van der Waals surface area contributed by atoms with Gasteiger partial charge < -0.3 is 20.3 Å². The Bertz CT molecular complexity index is 951. The average molecular weight is 860 g/mol. The SMILES string of the molecule is CCCCC/C=C\C/C=C\CCCCCCCCCC(=O)OCCCCCCCCCCCCCCC(=O)NC(CO)C(O)CCCCCCCCCCCCCCCCC. The molecule has 0 aromatic carbocycles. The van der Waals surface area contributed by atoms with Gasteiger partial charge in [-0.05, 0) is 57.8 Å². The molecule has 6 nitrogen and oxygen atoms in total. The van der Waals surface area contributed by atoms with Crippen molar-refractivity contribution in [1.82, 2.24) is 5.32 Å². The van der Waals surface area contributed by atoms with E-state index in [1.165, 1.54) is 193 Å². The monoisotopic (exact) mass is 860 g/mol. The molecule has 61 heavy (non-hydrogen) atoms. The van der Waals surface area contributed by atoms with Gasteiger partial charge in [-0.3, -0.25) is 9.59 Å². The zero-order valence-electron chi connectivity index (χ0n) is 40.9. The Morgan fingerprint density at radius 2 is 0.820 bits per heavy atom. The van der Waals surface area contributed by atoms with Crippen molar-refractivity contribution in [3.05, 3.63) is 24.3 Å². The minimum atomic E-state index is -0.674. The third-order valence-corrected chi connectivity index (χ3v) is 12.5. The number of allylic oxidation sites excluding steroid dienone is 4. The Labute approximate surface area is 380 Å². The van der Waals surface area contributed by atoms with E-state index >= 15 is 0 Å². The Morgan fingerprint density at radius 3 is 1.28 bits per heavy atom. The zero-order chi connectivity index (χ0) is 44.4. The predicted octanol–water partition coefficient (Wildman–Crippen LogP) is 16.3. The minimum absolute atomic E-state index is 0.0167. The largest absolute Gasteiger partial charge is 0.466 e. The number of aliphatic hydroxyl groups excluding tert-OH is 2. The Hall–Kier alpha value is -1.66. The summed E-state index contributed by atoms with van der Waals surface area (Å²) in [5.74, 6) is -0.0668. The summed E-state index contributed by atoms with van der Waals surface area (Å²) >= 11 is 0. The van der Waals surface area contributed by atoms with Crippen LogP contribution in [-0.2, 0) is 14.3 Å². The van der Waals surface area contributed by atoms with E-state index in [4.69, 9.17) is 4.74 Å². The van der Waals surface area contributed by atoms with Crippen molar-refractivity contribution in [2.24, 2.45) is 0 Å². The van der Waals surface area contributed by atoms with Crippen molar-refractivity contribution in [3.63, 3.8) is 0 Å². The maximum absolute atomic E-state index is 12.5. The first-order valence-electron chi connectivity index (χ1n) is 27.1. The molecule has 0 aliphatic heterocycles. The first-order chi connectivity index (χ1) is 30.0. The van der Waals surface area contributed by atoms with E-state index in [0.717, 1.165) is 64.2 Å². The van der Waals surface area contributed by atoms with E-state index in [0.29, 0.717) is 25.9 Å². The van der Waals surface area contributed by atoms with Gasteiger partial charge in [0, 0.05) is 12.8 Å². The van der Waals surface area contributed by atoms with E-state index in [1.807, 2.05) is 0 Å². The number of nitrogens with one attached hydrogen (secondary N) is 1. The first-order valence-corrected chi connectivity index (χ1v) is 27.1. The summed E-state index contributed by atoms with van der Waals surface area (Å²) in [6, 6.07) is -0.553. The van der Waals surface area contributed by atoms with Crippen molar-refractivity contribution in [2.75, 3.05) is 13.2 Å². The first kappa shape index (κ1) is 59.3. The molecule has 0 rings (SSSR count). The molecule has 0 saturated heterocycles. The number of esters is 1. The van der Waals surface area contributed by atoms with Crippen molar-refractivity contribution in [3.8, 4) is 0 Å². The molecule has 360 valence electrons. The van der Waals surface area contributed by atoms with Crippen LogP contribution in [0.15, 0.2) is 24.3 Å². The van der Waals surface area contributed by atoms with Crippen LogP contribution < -0.4 is 5.32 Å². The second-order valence-electron chi connectivity index (χ2n) is 18.6. The Balaban J connectivity index is 3.46. The number of amides is 1. The van der Waals surface area contributed by atoms with Crippen molar-refractivity contribution in [1.29, 1.82) is 0 Å². The lowest BCUT2D eigenvalue weighted by molar-refractivity contribution is -0.143. The Morgan fingerprint density at radius 1 is 0.459 bits per heavy atom. The molecule has 0 aromatic heterocycles. The molecule has 0 fully saturated rings. The van der Waals surface area contributed by atoms with Crippen LogP contribution in [0.3, 0.4) is 0 Å². The normalized spacial score (nSPS) is 12.8. The number of ether oxygens (including phenoxy) is 1. The van der Waals surface area contributed by atoms with E-state index in [2.05, 4.69) is 43.5 Å². The third-order valence-electron chi connectivity index (χ3n) is 12.5. The van der Waals surface area contributed by atoms with E-state index in [9.17, 15) is 19.8 Å². The maximum atomic E-state index is 12.5. The summed E-state index contributed by atoms with van der Waals surface area (Å²) < 4.78 is 5.47. The molecule has 1 amide bonds. The summed E-state index contributed by atoms with van der Waals surface area (Å²) in [4.78, 5) is 24.5. The van der Waals surface area contributed by atoms with Gasteiger partial charge in [0.1, 0.15) is 0 Å². The van der Waals surface area contributed by atoms with Crippen LogP contribution >= 0.6 is 0 Å². The Kier molecular flexibility index (Phi) is 49.6. The molecular formula is C55H105NO5. The zero-order valence-corrected chi connectivity index (χ0v) is 40.9. The van der Waals surface area contributed by atoms with E-state index in [-0.39, 0.29) is 18.5 Å². The predicted molar refractivity (Wildman–Crippen MR) is 264 cm³/mol. The van der Waals surface area contributed by atoms with Crippen LogP contribution in [0.5, 0.6) is 0 Å². The molecule has 2 unspecified atom stereocenters. The summed E-state index contributed by atoms with van der Waals surface area (Å²) in [6.45, 7) is 4.90. The molecule has 3 N–H and O–H groups in total. The molecule has 0 saturated carbocycles. The summed E-state index contributed by atoms with van der Waals surface area (Å²) in [5.41, 5.74) is 0. The lowest BCUT2D eigenvalue weighted by Gasteiger charge is -2.22. The fraction of sp³-hybridized carbons (Fsp3) is 0.891. The molecule has 0 spiro atoms. The highest BCUT2D eigenvalue weighted by Crippen LogP contribution is 2.17. The molecule has 0 heterocycles. The van der Waals surface area contributed by atoms with Crippen LogP contribution in [0.4, 0.5) is 0 Å². The van der Waals surface area contributed by atoms with Gasteiger partial charge in [0.15, 0.2) is 0 Å². The lowest BCUT2D eigenvalue weighted by Crippen LogP contribution is -2.45. The van der Waals surface area contributed by atoms with Gasteiger partial charge in [0.25, 0.3) is 0 Å². The number of rotatable bonds is 50. The highest BCUT2D eigenvalue weighted by Gasteiger charge is 2.20. The lowest BCUT2D eigenvalue weighted by atomic mass is 10.0. The van der Waals surface area contributed by atoms with Crippen LogP contribution in [-0.4, -0.2) is 47.4 Å². The van der Waals surface area contributed by atoms with Gasteiger partial charge in [-0.2, -0.15) is 0 Å². The number of hydrogen-bond acceptors (Lipinski definition) is 5. The molecule has 0 aliphatic carbocycles. The van der Waals surface area contributed by atoms with Crippen LogP contribution in [0.1, 0.15) is 290 Å². The summed E-state index contributed by atoms with van der Waals surface area (Å²) in [6.07, 6.45) is 60.0. The fourth-order valence-corrected chi connectivity index (χ4v) is 8.32. The molecule has 0 bridgehead atoms. The van der Waals surface area contributed by atoms with Crippen molar-refractivity contribution >= 4 is 11.9 Å². The van der Waals surface area contributed by atoms with Crippen LogP contribution in [0, 0.1) is 0 Å². The number of aliphatic hydroxyl groups is 2. The standard InChI is InChI=1S/C55H105NO5/c1-3-5-7-9-11-13-15-17-19-20-22-24-29-33-37-41-45-49-55(60)61-50-46-42-38-34-30-26-25-28-32-36-40-44-48-54(59)56-52(51-57)53(58)47-43-39-35-31-27-23-21-18-16-14-12-10-8-6-4-2/h11,13,17,19,52-53,57-58H,3-10,12,14-16,18,20-51H2,1-2H3,(H,56,59)/b13-11-,19-17-. The highest BCUT2D eigenvalue weighted by atomic mass is 16.5. The molecular weight excluding hydrogens is 755 g/mol. The van der Waals surface area contributed by atoms with E-state index < -0.39 is 12.1 Å². The number of carbonyl (C=O) groups excluding carboxylic acids is 2.